The van der Waals surface area contributed by atoms with Crippen LogP contribution in [0.5, 0.6) is 0 Å². The number of hydrogen-bond acceptors (Lipinski definition) is 2. The molecule has 25 heavy (non-hydrogen) atoms. The van der Waals surface area contributed by atoms with Crippen LogP contribution >= 0.6 is 0 Å². The molecule has 0 aliphatic heterocycles. The van der Waals surface area contributed by atoms with Gasteiger partial charge in [0.2, 0.25) is 5.91 Å². The van der Waals surface area contributed by atoms with Crippen molar-refractivity contribution in [1.82, 2.24) is 16.0 Å². The Kier molecular flexibility index (Phi) is 8.22. The highest BCUT2D eigenvalue weighted by Crippen LogP contribution is 2.17. The average molecular weight is 348 g/mol. The number of rotatable bonds is 7. The fourth-order valence-electron chi connectivity index (χ4n) is 2.99. The molecule has 1 aromatic rings. The molecule has 0 aromatic heterocycles. The first-order chi connectivity index (χ1) is 12.2. The Labute approximate surface area is 149 Å². The minimum Gasteiger partial charge on any atom is -0.357 e. The van der Waals surface area contributed by atoms with Gasteiger partial charge in [0.05, 0.1) is 0 Å². The number of hydrogen-bond donors (Lipinski definition) is 3. The van der Waals surface area contributed by atoms with Gasteiger partial charge in [0.25, 0.3) is 0 Å². The van der Waals surface area contributed by atoms with Crippen LogP contribution in [0.3, 0.4) is 0 Å². The minimum atomic E-state index is -0.226. The van der Waals surface area contributed by atoms with E-state index in [1.165, 1.54) is 31.4 Å². The summed E-state index contributed by atoms with van der Waals surface area (Å²) in [5.41, 5.74) is 1.06. The van der Waals surface area contributed by atoms with E-state index >= 15 is 0 Å². The number of aliphatic imine (C=N–C) groups is 1. The van der Waals surface area contributed by atoms with Gasteiger partial charge in [-0.05, 0) is 43.9 Å². The molecule has 0 unspecified atom stereocenters. The van der Waals surface area contributed by atoms with E-state index in [2.05, 4.69) is 20.9 Å². The van der Waals surface area contributed by atoms with E-state index in [1.54, 1.807) is 12.1 Å². The van der Waals surface area contributed by atoms with Gasteiger partial charge in [-0.3, -0.25) is 4.79 Å². The molecular formula is C19H29FN4O. The van der Waals surface area contributed by atoms with E-state index < -0.39 is 0 Å². The van der Waals surface area contributed by atoms with Crippen molar-refractivity contribution in [2.75, 3.05) is 19.6 Å². The summed E-state index contributed by atoms with van der Waals surface area (Å²) in [5, 5.41) is 9.41. The van der Waals surface area contributed by atoms with E-state index in [1.807, 2.05) is 6.92 Å². The molecule has 0 spiro atoms. The molecule has 1 aliphatic carbocycles. The molecule has 138 valence electrons. The van der Waals surface area contributed by atoms with Crippen molar-refractivity contribution in [3.05, 3.63) is 35.6 Å². The zero-order chi connectivity index (χ0) is 17.9. The zero-order valence-electron chi connectivity index (χ0n) is 15.0. The molecule has 3 N–H and O–H groups in total. The third-order valence-electron chi connectivity index (χ3n) is 4.31. The van der Waals surface area contributed by atoms with Gasteiger partial charge in [-0.2, -0.15) is 0 Å². The molecule has 1 aliphatic rings. The maximum Gasteiger partial charge on any atom is 0.242 e. The number of carbonyl (C=O) groups excluding carboxylic acids is 1. The van der Waals surface area contributed by atoms with Crippen molar-refractivity contribution in [2.24, 2.45) is 4.99 Å². The van der Waals surface area contributed by atoms with Gasteiger partial charge in [0.1, 0.15) is 12.4 Å². The number of nitrogens with one attached hydrogen (secondary N) is 3. The van der Waals surface area contributed by atoms with E-state index in [0.29, 0.717) is 18.5 Å². The van der Waals surface area contributed by atoms with Crippen LogP contribution in [0.2, 0.25) is 0 Å². The van der Waals surface area contributed by atoms with Crippen LogP contribution in [-0.2, 0) is 11.2 Å². The third kappa shape index (κ3) is 7.54. The van der Waals surface area contributed by atoms with Crippen LogP contribution in [-0.4, -0.2) is 37.5 Å². The number of benzene rings is 1. The molecule has 5 nitrogen and oxygen atoms in total. The highest BCUT2D eigenvalue weighted by atomic mass is 19.1. The van der Waals surface area contributed by atoms with E-state index in [0.717, 1.165) is 31.4 Å². The molecule has 0 atom stereocenters. The first kappa shape index (κ1) is 19.2. The zero-order valence-corrected chi connectivity index (χ0v) is 15.0. The highest BCUT2D eigenvalue weighted by Gasteiger charge is 2.15. The largest absolute Gasteiger partial charge is 0.357 e. The number of nitrogens with zero attached hydrogens (tertiary/aromatic N) is 1. The standard InChI is InChI=1S/C19H29FN4O/c1-2-21-19(22-13-12-15-8-10-16(20)11-9-15)23-14-18(25)24-17-6-4-3-5-7-17/h8-11,17H,2-7,12-14H2,1H3,(H,24,25)(H2,21,22,23). The minimum absolute atomic E-state index is 0.0253. The fraction of sp³-hybridized carbons (Fsp3) is 0.579. The molecule has 1 saturated carbocycles. The summed E-state index contributed by atoms with van der Waals surface area (Å²) in [4.78, 5) is 16.4. The second-order valence-corrected chi connectivity index (χ2v) is 6.40. The van der Waals surface area contributed by atoms with Gasteiger partial charge < -0.3 is 16.0 Å². The summed E-state index contributed by atoms with van der Waals surface area (Å²) in [6, 6.07) is 6.79. The summed E-state index contributed by atoms with van der Waals surface area (Å²) in [5.74, 6) is 0.377. The fourth-order valence-corrected chi connectivity index (χ4v) is 2.99. The lowest BCUT2D eigenvalue weighted by molar-refractivity contribution is -0.120. The average Bonchev–Trinajstić information content (AvgIpc) is 2.62. The normalized spacial score (nSPS) is 15.7. The molecule has 1 aromatic carbocycles. The van der Waals surface area contributed by atoms with Gasteiger partial charge in [-0.15, -0.1) is 0 Å². The second-order valence-electron chi connectivity index (χ2n) is 6.40. The lowest BCUT2D eigenvalue weighted by Gasteiger charge is -2.22. The Morgan fingerprint density at radius 3 is 2.56 bits per heavy atom. The summed E-state index contributed by atoms with van der Waals surface area (Å²) in [6.45, 7) is 3.51. The smallest absolute Gasteiger partial charge is 0.242 e. The third-order valence-corrected chi connectivity index (χ3v) is 4.31. The molecule has 6 heteroatoms. The Balaban J connectivity index is 1.74. The topological polar surface area (TPSA) is 65.5 Å². The van der Waals surface area contributed by atoms with Gasteiger partial charge >= 0.3 is 0 Å². The number of halogens is 1. The highest BCUT2D eigenvalue weighted by molar-refractivity contribution is 5.85. The van der Waals surface area contributed by atoms with Crippen LogP contribution in [0.25, 0.3) is 0 Å². The van der Waals surface area contributed by atoms with Crippen molar-refractivity contribution in [3.63, 3.8) is 0 Å². The molecule has 1 amide bonds. The Bertz CT molecular complexity index is 553. The quantitative estimate of drug-likeness (QED) is 0.524. The molecule has 2 rings (SSSR count). The van der Waals surface area contributed by atoms with Gasteiger partial charge in [0.15, 0.2) is 5.96 Å². The molecule has 0 saturated heterocycles. The first-order valence-electron chi connectivity index (χ1n) is 9.23. The lowest BCUT2D eigenvalue weighted by Crippen LogP contribution is -2.41. The summed E-state index contributed by atoms with van der Waals surface area (Å²) >= 11 is 0. The summed E-state index contributed by atoms with van der Waals surface area (Å²) in [7, 11) is 0. The summed E-state index contributed by atoms with van der Waals surface area (Å²) in [6.07, 6.45) is 6.58. The van der Waals surface area contributed by atoms with Crippen LogP contribution in [0.4, 0.5) is 4.39 Å². The molecule has 0 bridgehead atoms. The van der Waals surface area contributed by atoms with Crippen LogP contribution in [0, 0.1) is 5.82 Å². The van der Waals surface area contributed by atoms with Gasteiger partial charge in [-0.1, -0.05) is 31.4 Å². The number of amides is 1. The summed E-state index contributed by atoms with van der Waals surface area (Å²) < 4.78 is 12.9. The van der Waals surface area contributed by atoms with E-state index in [-0.39, 0.29) is 18.3 Å². The number of carbonyl (C=O) groups is 1. The van der Waals surface area contributed by atoms with Crippen LogP contribution < -0.4 is 16.0 Å². The van der Waals surface area contributed by atoms with Crippen molar-refractivity contribution >= 4 is 11.9 Å². The van der Waals surface area contributed by atoms with Gasteiger partial charge in [0, 0.05) is 19.1 Å². The molecule has 1 fully saturated rings. The Morgan fingerprint density at radius 1 is 1.16 bits per heavy atom. The van der Waals surface area contributed by atoms with Crippen molar-refractivity contribution in [1.29, 1.82) is 0 Å². The van der Waals surface area contributed by atoms with Crippen molar-refractivity contribution in [3.8, 4) is 0 Å². The van der Waals surface area contributed by atoms with E-state index in [4.69, 9.17) is 0 Å². The Morgan fingerprint density at radius 2 is 1.88 bits per heavy atom. The van der Waals surface area contributed by atoms with Crippen molar-refractivity contribution in [2.45, 2.75) is 51.5 Å². The maximum atomic E-state index is 12.9. The van der Waals surface area contributed by atoms with Crippen LogP contribution in [0.1, 0.15) is 44.6 Å². The Hall–Kier alpha value is -2.11. The second kappa shape index (κ2) is 10.7. The predicted molar refractivity (Wildman–Crippen MR) is 99.1 cm³/mol. The monoisotopic (exact) mass is 348 g/mol. The predicted octanol–water partition coefficient (Wildman–Crippen LogP) is 2.37. The number of guanidine groups is 1. The van der Waals surface area contributed by atoms with Gasteiger partial charge in [-0.25, -0.2) is 9.38 Å². The lowest BCUT2D eigenvalue weighted by atomic mass is 9.95. The van der Waals surface area contributed by atoms with Crippen molar-refractivity contribution < 1.29 is 9.18 Å². The van der Waals surface area contributed by atoms with E-state index in [9.17, 15) is 9.18 Å². The SMILES string of the molecule is CCNC(=NCC(=O)NC1CCCCC1)NCCc1ccc(F)cc1. The molecule has 0 heterocycles. The molecule has 0 radical (unpaired) electrons. The maximum absolute atomic E-state index is 12.9. The molecular weight excluding hydrogens is 319 g/mol. The first-order valence-corrected chi connectivity index (χ1v) is 9.23. The van der Waals surface area contributed by atoms with Crippen LogP contribution in [0.15, 0.2) is 29.3 Å².